The van der Waals surface area contributed by atoms with E-state index in [1.807, 2.05) is 0 Å². The average Bonchev–Trinajstić information content (AvgIpc) is 3.54. The quantitative estimate of drug-likeness (QED) is 0.185. The largest absolute Gasteiger partial charge is 0.455 e. The van der Waals surface area contributed by atoms with E-state index in [0.717, 1.165) is 22.3 Å². The first-order valence-electron chi connectivity index (χ1n) is 16.2. The van der Waals surface area contributed by atoms with Crippen molar-refractivity contribution >= 4 is 65.0 Å². The van der Waals surface area contributed by atoms with Crippen LogP contribution in [-0.4, -0.2) is 0 Å². The van der Waals surface area contributed by atoms with Crippen LogP contribution < -0.4 is 0 Å². The van der Waals surface area contributed by atoms with Crippen molar-refractivity contribution < 1.29 is 4.42 Å². The molecule has 0 saturated carbocycles. The molecule has 0 fully saturated rings. The average molecular weight is 597 g/mol. The van der Waals surface area contributed by atoms with Gasteiger partial charge in [0.15, 0.2) is 0 Å². The highest BCUT2D eigenvalue weighted by atomic mass is 16.3. The summed E-state index contributed by atoms with van der Waals surface area (Å²) in [5, 5.41) is 12.2. The first-order valence-corrected chi connectivity index (χ1v) is 16.2. The van der Waals surface area contributed by atoms with E-state index in [-0.39, 0.29) is 0 Å². The number of benzene rings is 9. The Morgan fingerprint density at radius 2 is 0.830 bits per heavy atom. The van der Waals surface area contributed by atoms with Gasteiger partial charge >= 0.3 is 0 Å². The van der Waals surface area contributed by atoms with Crippen molar-refractivity contribution in [3.8, 4) is 33.4 Å². The number of furan rings is 1. The van der Waals surface area contributed by atoms with Gasteiger partial charge in [-0.2, -0.15) is 0 Å². The molecule has 0 aliphatic carbocycles. The maximum absolute atomic E-state index is 6.80. The Morgan fingerprint density at radius 1 is 0.319 bits per heavy atom. The van der Waals surface area contributed by atoms with Crippen molar-refractivity contribution in [2.75, 3.05) is 0 Å². The molecular weight excluding hydrogens is 569 g/mol. The van der Waals surface area contributed by atoms with Crippen LogP contribution in [0.2, 0.25) is 0 Å². The van der Waals surface area contributed by atoms with E-state index in [9.17, 15) is 0 Å². The maximum Gasteiger partial charge on any atom is 0.143 e. The molecule has 1 aromatic heterocycles. The van der Waals surface area contributed by atoms with Crippen molar-refractivity contribution in [3.05, 3.63) is 170 Å². The minimum atomic E-state index is 0.918. The van der Waals surface area contributed by atoms with Gasteiger partial charge in [0, 0.05) is 16.3 Å². The van der Waals surface area contributed by atoms with Crippen molar-refractivity contribution in [1.29, 1.82) is 0 Å². The van der Waals surface area contributed by atoms with Crippen molar-refractivity contribution in [2.24, 2.45) is 0 Å². The molecule has 0 spiro atoms. The molecular formula is C46H28O. The predicted molar refractivity (Wildman–Crippen MR) is 200 cm³/mol. The number of hydrogen-bond donors (Lipinski definition) is 0. The Balaban J connectivity index is 1.28. The second-order valence-corrected chi connectivity index (χ2v) is 12.4. The summed E-state index contributed by atoms with van der Waals surface area (Å²) >= 11 is 0. The zero-order valence-corrected chi connectivity index (χ0v) is 25.6. The molecule has 1 heterocycles. The fourth-order valence-electron chi connectivity index (χ4n) is 7.80. The van der Waals surface area contributed by atoms with Crippen LogP contribution in [0.5, 0.6) is 0 Å². The van der Waals surface area contributed by atoms with Crippen molar-refractivity contribution in [3.63, 3.8) is 0 Å². The molecule has 0 aliphatic heterocycles. The minimum absolute atomic E-state index is 0.918. The number of rotatable bonds is 3. The SMILES string of the molecule is c1ccc(-c2c3ccccc3c(-c3cccc(-c4cc5ccccc5c5c4oc4ccc6ccccc6c45)c3)c3ccccc23)cc1. The van der Waals surface area contributed by atoms with Gasteiger partial charge in [-0.25, -0.2) is 0 Å². The molecule has 47 heavy (non-hydrogen) atoms. The summed E-state index contributed by atoms with van der Waals surface area (Å²) in [5.74, 6) is 0. The third-order valence-electron chi connectivity index (χ3n) is 9.81. The van der Waals surface area contributed by atoms with Crippen LogP contribution in [0, 0.1) is 0 Å². The van der Waals surface area contributed by atoms with Crippen LogP contribution in [0.4, 0.5) is 0 Å². The molecule has 0 amide bonds. The molecule has 218 valence electrons. The van der Waals surface area contributed by atoms with E-state index in [4.69, 9.17) is 4.42 Å². The van der Waals surface area contributed by atoms with Gasteiger partial charge in [0.2, 0.25) is 0 Å². The van der Waals surface area contributed by atoms with Gasteiger partial charge in [0.05, 0.1) is 0 Å². The first-order chi connectivity index (χ1) is 23.3. The van der Waals surface area contributed by atoms with E-state index >= 15 is 0 Å². The van der Waals surface area contributed by atoms with Crippen LogP contribution in [0.3, 0.4) is 0 Å². The van der Waals surface area contributed by atoms with E-state index in [1.54, 1.807) is 0 Å². The highest BCUT2D eigenvalue weighted by Gasteiger charge is 2.20. The summed E-state index contributed by atoms with van der Waals surface area (Å²) in [6, 6.07) is 61.4. The zero-order chi connectivity index (χ0) is 30.9. The molecule has 10 rings (SSSR count). The summed E-state index contributed by atoms with van der Waals surface area (Å²) < 4.78 is 6.80. The lowest BCUT2D eigenvalue weighted by Crippen LogP contribution is -1.91. The van der Waals surface area contributed by atoms with Gasteiger partial charge in [-0.1, -0.05) is 152 Å². The topological polar surface area (TPSA) is 13.1 Å². The van der Waals surface area contributed by atoms with Crippen molar-refractivity contribution in [2.45, 2.75) is 0 Å². The highest BCUT2D eigenvalue weighted by molar-refractivity contribution is 6.29. The Hall–Kier alpha value is -6.18. The van der Waals surface area contributed by atoms with E-state index in [2.05, 4.69) is 170 Å². The Labute approximate surface area is 271 Å². The summed E-state index contributed by atoms with van der Waals surface area (Å²) in [6.07, 6.45) is 0. The molecule has 0 atom stereocenters. The van der Waals surface area contributed by atoms with Gasteiger partial charge in [-0.05, 0) is 89.1 Å². The zero-order valence-electron chi connectivity index (χ0n) is 25.6. The molecule has 0 bridgehead atoms. The molecule has 1 nitrogen and oxygen atoms in total. The molecule has 0 aliphatic rings. The number of hydrogen-bond acceptors (Lipinski definition) is 1. The smallest absolute Gasteiger partial charge is 0.143 e. The van der Waals surface area contributed by atoms with Crippen molar-refractivity contribution in [1.82, 2.24) is 0 Å². The standard InChI is InChI=1S/C46H28O/c1-2-14-30(15-3-1)42-36-21-8-10-23-38(36)43(39-24-11-9-22-37(39)42)33-18-12-17-31(27-33)40-28-32-16-5-7-20-35(32)45-44-34-19-6-4-13-29(34)25-26-41(44)47-46(40)45/h1-28H. The monoisotopic (exact) mass is 596 g/mol. The van der Waals surface area contributed by atoms with Crippen LogP contribution in [0.15, 0.2) is 174 Å². The van der Waals surface area contributed by atoms with Crippen LogP contribution in [0.25, 0.3) is 98.4 Å². The fourth-order valence-corrected chi connectivity index (χ4v) is 7.80. The van der Waals surface area contributed by atoms with Crippen LogP contribution in [-0.2, 0) is 0 Å². The van der Waals surface area contributed by atoms with Gasteiger partial charge in [0.25, 0.3) is 0 Å². The molecule has 0 N–H and O–H groups in total. The number of fused-ring (bicyclic) bond motifs is 9. The lowest BCUT2D eigenvalue weighted by molar-refractivity contribution is 0.670. The second kappa shape index (κ2) is 10.2. The molecule has 1 heteroatoms. The molecule has 0 unspecified atom stereocenters. The third kappa shape index (κ3) is 3.90. The summed E-state index contributed by atoms with van der Waals surface area (Å²) in [5.41, 5.74) is 9.06. The molecule has 9 aromatic carbocycles. The summed E-state index contributed by atoms with van der Waals surface area (Å²) in [6.45, 7) is 0. The Morgan fingerprint density at radius 3 is 1.51 bits per heavy atom. The summed E-state index contributed by atoms with van der Waals surface area (Å²) in [7, 11) is 0. The van der Waals surface area contributed by atoms with Gasteiger partial charge in [0.1, 0.15) is 11.2 Å². The maximum atomic E-state index is 6.80. The van der Waals surface area contributed by atoms with Crippen LogP contribution >= 0.6 is 0 Å². The first kappa shape index (κ1) is 26.1. The van der Waals surface area contributed by atoms with Gasteiger partial charge < -0.3 is 4.42 Å². The minimum Gasteiger partial charge on any atom is -0.455 e. The molecule has 0 radical (unpaired) electrons. The second-order valence-electron chi connectivity index (χ2n) is 12.4. The lowest BCUT2D eigenvalue weighted by atomic mass is 9.85. The Kier molecular flexibility index (Phi) is 5.64. The normalized spacial score (nSPS) is 11.8. The van der Waals surface area contributed by atoms with E-state index in [0.29, 0.717) is 0 Å². The van der Waals surface area contributed by atoms with Crippen LogP contribution in [0.1, 0.15) is 0 Å². The fraction of sp³-hybridized carbons (Fsp3) is 0. The van der Waals surface area contributed by atoms with E-state index < -0.39 is 0 Å². The lowest BCUT2D eigenvalue weighted by Gasteiger charge is -2.18. The molecule has 10 aromatic rings. The predicted octanol–water partition coefficient (Wildman–Crippen LogP) is 13.2. The van der Waals surface area contributed by atoms with Gasteiger partial charge in [-0.15, -0.1) is 0 Å². The highest BCUT2D eigenvalue weighted by Crippen LogP contribution is 2.46. The van der Waals surface area contributed by atoms with Gasteiger partial charge in [-0.3, -0.25) is 0 Å². The third-order valence-corrected chi connectivity index (χ3v) is 9.81. The molecule has 0 saturated heterocycles. The van der Waals surface area contributed by atoms with E-state index in [1.165, 1.54) is 76.1 Å². The summed E-state index contributed by atoms with van der Waals surface area (Å²) in [4.78, 5) is 0. The Bertz CT molecular complexity index is 2780.